The molecule has 1 saturated carbocycles. The van der Waals surface area contributed by atoms with Gasteiger partial charge in [-0.25, -0.2) is 4.98 Å². The zero-order chi connectivity index (χ0) is 14.0. The van der Waals surface area contributed by atoms with Crippen molar-refractivity contribution >= 4 is 16.5 Å². The van der Waals surface area contributed by atoms with E-state index in [1.807, 2.05) is 0 Å². The molecule has 0 aromatic carbocycles. The standard InChI is InChI=1S/C15H27N3S/c1-10(2)14-13(9-16)19-15(17-14)18(4)12-8-6-5-7-11(12)3/h10-12H,5-9,16H2,1-4H3. The van der Waals surface area contributed by atoms with Gasteiger partial charge in [0.25, 0.3) is 0 Å². The van der Waals surface area contributed by atoms with E-state index in [2.05, 4.69) is 32.7 Å². The van der Waals surface area contributed by atoms with Crippen molar-refractivity contribution in [1.29, 1.82) is 0 Å². The van der Waals surface area contributed by atoms with E-state index < -0.39 is 0 Å². The Kier molecular flexibility index (Phi) is 4.85. The van der Waals surface area contributed by atoms with E-state index in [0.29, 0.717) is 18.5 Å². The van der Waals surface area contributed by atoms with Gasteiger partial charge in [0.1, 0.15) is 0 Å². The number of thiazole rings is 1. The fourth-order valence-corrected chi connectivity index (χ4v) is 4.23. The molecule has 0 bridgehead atoms. The molecule has 3 nitrogen and oxygen atoms in total. The molecule has 0 aliphatic heterocycles. The van der Waals surface area contributed by atoms with E-state index in [1.54, 1.807) is 11.3 Å². The Hall–Kier alpha value is -0.610. The number of nitrogens with two attached hydrogens (primary N) is 1. The van der Waals surface area contributed by atoms with Crippen LogP contribution in [0.2, 0.25) is 0 Å². The number of rotatable bonds is 4. The van der Waals surface area contributed by atoms with Gasteiger partial charge in [-0.3, -0.25) is 0 Å². The van der Waals surface area contributed by atoms with Gasteiger partial charge in [-0.1, -0.05) is 33.6 Å². The molecule has 0 radical (unpaired) electrons. The maximum atomic E-state index is 5.86. The van der Waals surface area contributed by atoms with Crippen molar-refractivity contribution in [3.63, 3.8) is 0 Å². The molecule has 4 heteroatoms. The summed E-state index contributed by atoms with van der Waals surface area (Å²) in [5.74, 6) is 1.23. The summed E-state index contributed by atoms with van der Waals surface area (Å²) < 4.78 is 0. The highest BCUT2D eigenvalue weighted by molar-refractivity contribution is 7.15. The number of anilines is 1. The first kappa shape index (κ1) is 14.8. The van der Waals surface area contributed by atoms with Crippen LogP contribution in [0.15, 0.2) is 0 Å². The van der Waals surface area contributed by atoms with Gasteiger partial charge in [-0.05, 0) is 24.7 Å². The number of aromatic nitrogens is 1. The minimum atomic E-state index is 0.459. The Morgan fingerprint density at radius 3 is 2.58 bits per heavy atom. The van der Waals surface area contributed by atoms with Crippen LogP contribution in [-0.2, 0) is 6.54 Å². The first-order valence-electron chi connectivity index (χ1n) is 7.47. The van der Waals surface area contributed by atoms with Crippen molar-refractivity contribution in [2.75, 3.05) is 11.9 Å². The molecular weight excluding hydrogens is 254 g/mol. The fourth-order valence-electron chi connectivity index (χ4n) is 3.11. The minimum Gasteiger partial charge on any atom is -0.348 e. The Bertz CT molecular complexity index is 414. The molecule has 1 heterocycles. The molecular formula is C15H27N3S. The van der Waals surface area contributed by atoms with Crippen LogP contribution in [0.25, 0.3) is 0 Å². The summed E-state index contributed by atoms with van der Waals surface area (Å²) in [4.78, 5) is 8.51. The van der Waals surface area contributed by atoms with E-state index >= 15 is 0 Å². The lowest BCUT2D eigenvalue weighted by molar-refractivity contribution is 0.321. The zero-order valence-electron chi connectivity index (χ0n) is 12.6. The van der Waals surface area contributed by atoms with Crippen LogP contribution in [0.5, 0.6) is 0 Å². The number of nitrogens with zero attached hydrogens (tertiary/aromatic N) is 2. The first-order valence-corrected chi connectivity index (χ1v) is 8.28. The van der Waals surface area contributed by atoms with Crippen molar-refractivity contribution in [2.45, 2.75) is 65.0 Å². The SMILES string of the molecule is CC(C)c1nc(N(C)C2CCCCC2C)sc1CN. The maximum Gasteiger partial charge on any atom is 0.185 e. The van der Waals surface area contributed by atoms with E-state index in [1.165, 1.54) is 36.3 Å². The molecule has 2 N–H and O–H groups in total. The Balaban J connectivity index is 2.20. The molecule has 19 heavy (non-hydrogen) atoms. The highest BCUT2D eigenvalue weighted by Gasteiger charge is 2.27. The fraction of sp³-hybridized carbons (Fsp3) is 0.800. The average molecular weight is 281 g/mol. The van der Waals surface area contributed by atoms with Gasteiger partial charge in [0, 0.05) is 24.5 Å². The van der Waals surface area contributed by atoms with Crippen LogP contribution < -0.4 is 10.6 Å². The minimum absolute atomic E-state index is 0.459. The summed E-state index contributed by atoms with van der Waals surface area (Å²) in [6.07, 6.45) is 5.38. The van der Waals surface area contributed by atoms with Gasteiger partial charge in [-0.2, -0.15) is 0 Å². The van der Waals surface area contributed by atoms with Crippen LogP contribution in [0, 0.1) is 5.92 Å². The van der Waals surface area contributed by atoms with E-state index in [9.17, 15) is 0 Å². The monoisotopic (exact) mass is 281 g/mol. The van der Waals surface area contributed by atoms with E-state index in [-0.39, 0.29) is 0 Å². The average Bonchev–Trinajstić information content (AvgIpc) is 2.83. The second-order valence-corrected chi connectivity index (χ2v) is 7.17. The Morgan fingerprint density at radius 2 is 2.05 bits per heavy atom. The molecule has 2 unspecified atom stereocenters. The van der Waals surface area contributed by atoms with Crippen molar-refractivity contribution in [2.24, 2.45) is 11.7 Å². The van der Waals surface area contributed by atoms with Crippen LogP contribution in [0.1, 0.15) is 62.9 Å². The molecule has 1 aliphatic carbocycles. The quantitative estimate of drug-likeness (QED) is 0.914. The van der Waals surface area contributed by atoms with Gasteiger partial charge in [0.05, 0.1) is 5.69 Å². The third-order valence-corrected chi connectivity index (χ3v) is 5.50. The van der Waals surface area contributed by atoms with Gasteiger partial charge < -0.3 is 10.6 Å². The molecule has 1 aromatic heterocycles. The predicted octanol–water partition coefficient (Wildman–Crippen LogP) is 3.74. The van der Waals surface area contributed by atoms with Crippen LogP contribution in [0.3, 0.4) is 0 Å². The maximum absolute atomic E-state index is 5.86. The van der Waals surface area contributed by atoms with E-state index in [4.69, 9.17) is 10.7 Å². The lowest BCUT2D eigenvalue weighted by Crippen LogP contribution is -2.38. The molecule has 108 valence electrons. The second kappa shape index (κ2) is 6.23. The molecule has 0 spiro atoms. The van der Waals surface area contributed by atoms with Gasteiger partial charge in [-0.15, -0.1) is 11.3 Å². The summed E-state index contributed by atoms with van der Waals surface area (Å²) in [6, 6.07) is 0.644. The summed E-state index contributed by atoms with van der Waals surface area (Å²) in [5, 5.41) is 1.16. The third kappa shape index (κ3) is 3.11. The van der Waals surface area contributed by atoms with Crippen LogP contribution >= 0.6 is 11.3 Å². The molecule has 0 amide bonds. The van der Waals surface area contributed by atoms with Gasteiger partial charge in [0.2, 0.25) is 0 Å². The highest BCUT2D eigenvalue weighted by Crippen LogP contribution is 2.35. The summed E-state index contributed by atoms with van der Waals surface area (Å²) in [6.45, 7) is 7.38. The number of hydrogen-bond donors (Lipinski definition) is 1. The largest absolute Gasteiger partial charge is 0.348 e. The lowest BCUT2D eigenvalue weighted by Gasteiger charge is -2.36. The van der Waals surface area contributed by atoms with Crippen molar-refractivity contribution < 1.29 is 0 Å². The Labute approximate surface area is 121 Å². The first-order chi connectivity index (χ1) is 9.04. The van der Waals surface area contributed by atoms with Crippen molar-refractivity contribution in [3.05, 3.63) is 10.6 Å². The van der Waals surface area contributed by atoms with E-state index in [0.717, 1.165) is 11.0 Å². The number of hydrogen-bond acceptors (Lipinski definition) is 4. The third-order valence-electron chi connectivity index (χ3n) is 4.31. The second-order valence-electron chi connectivity index (χ2n) is 6.10. The molecule has 1 fully saturated rings. The van der Waals surface area contributed by atoms with Crippen molar-refractivity contribution in [3.8, 4) is 0 Å². The molecule has 1 aliphatic rings. The smallest absolute Gasteiger partial charge is 0.185 e. The summed E-state index contributed by atoms with van der Waals surface area (Å²) >= 11 is 1.78. The zero-order valence-corrected chi connectivity index (χ0v) is 13.5. The molecule has 2 atom stereocenters. The van der Waals surface area contributed by atoms with Crippen LogP contribution in [0.4, 0.5) is 5.13 Å². The lowest BCUT2D eigenvalue weighted by atomic mass is 9.85. The van der Waals surface area contributed by atoms with Crippen LogP contribution in [-0.4, -0.2) is 18.1 Å². The van der Waals surface area contributed by atoms with Crippen molar-refractivity contribution in [1.82, 2.24) is 4.98 Å². The topological polar surface area (TPSA) is 42.2 Å². The van der Waals surface area contributed by atoms with Gasteiger partial charge >= 0.3 is 0 Å². The molecule has 2 rings (SSSR count). The Morgan fingerprint density at radius 1 is 1.37 bits per heavy atom. The normalized spacial score (nSPS) is 23.9. The summed E-state index contributed by atoms with van der Waals surface area (Å²) in [7, 11) is 2.20. The molecule has 1 aromatic rings. The highest BCUT2D eigenvalue weighted by atomic mass is 32.1. The summed E-state index contributed by atoms with van der Waals surface area (Å²) in [5.41, 5.74) is 7.05. The van der Waals surface area contributed by atoms with Gasteiger partial charge in [0.15, 0.2) is 5.13 Å². The molecule has 0 saturated heterocycles. The predicted molar refractivity (Wildman–Crippen MR) is 83.9 cm³/mol.